The first kappa shape index (κ1) is 16.3. The summed E-state index contributed by atoms with van der Waals surface area (Å²) < 4.78 is 16.7. The lowest BCUT2D eigenvalue weighted by Gasteiger charge is -2.21. The number of hydrogen-bond donors (Lipinski definition) is 1. The topological polar surface area (TPSA) is 39.7 Å². The zero-order chi connectivity index (χ0) is 15.3. The molecule has 1 aliphatic heterocycles. The number of ether oxygens (including phenoxy) is 3. The lowest BCUT2D eigenvalue weighted by molar-refractivity contribution is 0.0308. The van der Waals surface area contributed by atoms with E-state index in [2.05, 4.69) is 38.2 Å². The molecular weight excluding hydrogens is 266 g/mol. The van der Waals surface area contributed by atoms with E-state index in [4.69, 9.17) is 14.2 Å². The fourth-order valence-corrected chi connectivity index (χ4v) is 2.27. The normalized spacial score (nSPS) is 19.0. The van der Waals surface area contributed by atoms with Crippen LogP contribution in [0.25, 0.3) is 0 Å². The van der Waals surface area contributed by atoms with Crippen LogP contribution >= 0.6 is 0 Å². The third-order valence-corrected chi connectivity index (χ3v) is 3.53. The average Bonchev–Trinajstić information content (AvgIpc) is 2.95. The van der Waals surface area contributed by atoms with E-state index in [1.54, 1.807) is 7.11 Å². The smallest absolute Gasteiger partial charge is 0.124 e. The summed E-state index contributed by atoms with van der Waals surface area (Å²) in [5.74, 6) is 0.883. The molecule has 1 atom stereocenters. The first-order valence-electron chi connectivity index (χ1n) is 7.58. The van der Waals surface area contributed by atoms with Gasteiger partial charge in [-0.2, -0.15) is 0 Å². The lowest BCUT2D eigenvalue weighted by atomic mass is 10.1. The van der Waals surface area contributed by atoms with E-state index >= 15 is 0 Å². The van der Waals surface area contributed by atoms with Crippen LogP contribution in [0.1, 0.15) is 38.3 Å². The molecule has 1 N–H and O–H groups in total. The van der Waals surface area contributed by atoms with E-state index < -0.39 is 0 Å². The predicted molar refractivity (Wildman–Crippen MR) is 83.6 cm³/mol. The van der Waals surface area contributed by atoms with Gasteiger partial charge in [-0.15, -0.1) is 0 Å². The maximum atomic E-state index is 5.91. The van der Waals surface area contributed by atoms with E-state index in [1.807, 2.05) is 6.07 Å². The third kappa shape index (κ3) is 5.30. The number of nitrogens with one attached hydrogen (secondary N) is 1. The van der Waals surface area contributed by atoms with Gasteiger partial charge in [-0.25, -0.2) is 0 Å². The van der Waals surface area contributed by atoms with Crippen LogP contribution in [-0.4, -0.2) is 32.0 Å². The molecule has 0 aliphatic carbocycles. The molecule has 21 heavy (non-hydrogen) atoms. The van der Waals surface area contributed by atoms with E-state index in [9.17, 15) is 0 Å². The van der Waals surface area contributed by atoms with Crippen LogP contribution in [0.3, 0.4) is 0 Å². The molecule has 1 aliphatic rings. The first-order chi connectivity index (χ1) is 9.98. The molecule has 118 valence electrons. The summed E-state index contributed by atoms with van der Waals surface area (Å²) in [4.78, 5) is 0. The Morgan fingerprint density at radius 2 is 2.14 bits per heavy atom. The Kier molecular flexibility index (Phi) is 5.62. The Hall–Kier alpha value is -1.10. The highest BCUT2D eigenvalue weighted by molar-refractivity contribution is 5.37. The van der Waals surface area contributed by atoms with Gasteiger partial charge in [-0.1, -0.05) is 6.07 Å². The minimum atomic E-state index is 0.109. The third-order valence-electron chi connectivity index (χ3n) is 3.53. The monoisotopic (exact) mass is 293 g/mol. The summed E-state index contributed by atoms with van der Waals surface area (Å²) in [6.07, 6.45) is 1.19. The number of methoxy groups -OCH3 is 1. The van der Waals surface area contributed by atoms with Crippen molar-refractivity contribution < 1.29 is 14.2 Å². The molecule has 1 heterocycles. The van der Waals surface area contributed by atoms with E-state index in [0.717, 1.165) is 30.9 Å². The van der Waals surface area contributed by atoms with Crippen LogP contribution in [0.15, 0.2) is 18.2 Å². The average molecular weight is 293 g/mol. The molecule has 0 amide bonds. The Morgan fingerprint density at radius 1 is 1.33 bits per heavy atom. The van der Waals surface area contributed by atoms with E-state index in [0.29, 0.717) is 13.2 Å². The molecule has 2 rings (SSSR count). The molecule has 1 aromatic carbocycles. The molecule has 0 bridgehead atoms. The van der Waals surface area contributed by atoms with Gasteiger partial charge in [-0.05, 0) is 44.9 Å². The molecular formula is C17H27NO3. The zero-order valence-corrected chi connectivity index (χ0v) is 13.6. The van der Waals surface area contributed by atoms with Crippen molar-refractivity contribution in [2.45, 2.75) is 52.0 Å². The van der Waals surface area contributed by atoms with Crippen molar-refractivity contribution in [1.29, 1.82) is 0 Å². The Morgan fingerprint density at radius 3 is 2.76 bits per heavy atom. The first-order valence-corrected chi connectivity index (χ1v) is 7.58. The summed E-state index contributed by atoms with van der Waals surface area (Å²) in [5.41, 5.74) is 2.45. The standard InChI is InChI=1S/C17H27NO3/c1-17(2,3)18-10-13-5-6-16(19-4)14(9-13)11-21-15-7-8-20-12-15/h5-6,9,15,18H,7-8,10-12H2,1-4H3. The fraction of sp³-hybridized carbons (Fsp3) is 0.647. The second kappa shape index (κ2) is 7.25. The molecule has 4 nitrogen and oxygen atoms in total. The van der Waals surface area contributed by atoms with Crippen molar-refractivity contribution in [3.8, 4) is 5.75 Å². The quantitative estimate of drug-likeness (QED) is 0.875. The van der Waals surface area contributed by atoms with Crippen molar-refractivity contribution >= 4 is 0 Å². The summed E-state index contributed by atoms with van der Waals surface area (Å²) in [6, 6.07) is 6.27. The van der Waals surface area contributed by atoms with Crippen molar-refractivity contribution in [2.75, 3.05) is 20.3 Å². The van der Waals surface area contributed by atoms with Crippen LogP contribution in [0.2, 0.25) is 0 Å². The predicted octanol–water partition coefficient (Wildman–Crippen LogP) is 2.89. The Bertz CT molecular complexity index is 448. The minimum absolute atomic E-state index is 0.109. The zero-order valence-electron chi connectivity index (χ0n) is 13.6. The molecule has 0 spiro atoms. The van der Waals surface area contributed by atoms with Crippen LogP contribution in [0, 0.1) is 0 Å². The highest BCUT2D eigenvalue weighted by Gasteiger charge is 2.17. The highest BCUT2D eigenvalue weighted by atomic mass is 16.5. The molecule has 1 unspecified atom stereocenters. The molecule has 1 fully saturated rings. The van der Waals surface area contributed by atoms with Gasteiger partial charge in [0.25, 0.3) is 0 Å². The van der Waals surface area contributed by atoms with Gasteiger partial charge in [0, 0.05) is 24.3 Å². The second-order valence-electron chi connectivity index (χ2n) is 6.55. The van der Waals surface area contributed by atoms with Gasteiger partial charge in [0.05, 0.1) is 26.4 Å². The maximum Gasteiger partial charge on any atom is 0.124 e. The molecule has 1 aromatic rings. The number of hydrogen-bond acceptors (Lipinski definition) is 4. The molecule has 4 heteroatoms. The van der Waals surface area contributed by atoms with Gasteiger partial charge in [0.1, 0.15) is 5.75 Å². The summed E-state index contributed by atoms with van der Waals surface area (Å²) in [5, 5.41) is 3.50. The van der Waals surface area contributed by atoms with Crippen LogP contribution in [-0.2, 0) is 22.6 Å². The lowest BCUT2D eigenvalue weighted by Crippen LogP contribution is -2.35. The van der Waals surface area contributed by atoms with Gasteiger partial charge in [0.15, 0.2) is 0 Å². The summed E-state index contributed by atoms with van der Waals surface area (Å²) in [6.45, 7) is 9.42. The Balaban J connectivity index is 1.99. The van der Waals surface area contributed by atoms with Gasteiger partial charge < -0.3 is 19.5 Å². The number of rotatable bonds is 6. The maximum absolute atomic E-state index is 5.91. The van der Waals surface area contributed by atoms with E-state index in [1.165, 1.54) is 5.56 Å². The SMILES string of the molecule is COc1ccc(CNC(C)(C)C)cc1COC1CCOC1. The largest absolute Gasteiger partial charge is 0.496 e. The minimum Gasteiger partial charge on any atom is -0.496 e. The Labute approximate surface area is 127 Å². The van der Waals surface area contributed by atoms with Crippen LogP contribution in [0.4, 0.5) is 0 Å². The van der Waals surface area contributed by atoms with Crippen molar-refractivity contribution in [3.63, 3.8) is 0 Å². The highest BCUT2D eigenvalue weighted by Crippen LogP contribution is 2.22. The van der Waals surface area contributed by atoms with Gasteiger partial charge in [0.2, 0.25) is 0 Å². The van der Waals surface area contributed by atoms with Crippen LogP contribution < -0.4 is 10.1 Å². The second-order valence-corrected chi connectivity index (χ2v) is 6.55. The molecule has 0 aromatic heterocycles. The van der Waals surface area contributed by atoms with Crippen LogP contribution in [0.5, 0.6) is 5.75 Å². The van der Waals surface area contributed by atoms with Gasteiger partial charge in [-0.3, -0.25) is 0 Å². The summed E-state index contributed by atoms with van der Waals surface area (Å²) >= 11 is 0. The van der Waals surface area contributed by atoms with Crippen molar-refractivity contribution in [3.05, 3.63) is 29.3 Å². The summed E-state index contributed by atoms with van der Waals surface area (Å²) in [7, 11) is 1.70. The molecule has 0 radical (unpaired) electrons. The van der Waals surface area contributed by atoms with Gasteiger partial charge >= 0.3 is 0 Å². The fourth-order valence-electron chi connectivity index (χ4n) is 2.27. The number of benzene rings is 1. The van der Waals surface area contributed by atoms with Crippen molar-refractivity contribution in [1.82, 2.24) is 5.32 Å². The molecule has 0 saturated carbocycles. The van der Waals surface area contributed by atoms with E-state index in [-0.39, 0.29) is 11.6 Å². The molecule has 1 saturated heterocycles. The van der Waals surface area contributed by atoms with Crippen molar-refractivity contribution in [2.24, 2.45) is 0 Å².